The molecule has 0 aliphatic rings. The molecule has 22 heteroatoms. The molecule has 0 saturated carbocycles. The number of ether oxygens (including phenoxy) is 1. The standard InChI is InChI=1S/C41H29Cl7N8O7/c1-19(57)36(55-53-31-15-21(9-12-24(31)43)38(59)51-29-7-3-5-26(45)34(29)47)40(61)49-23-11-14-28(33(17-23)63-18-42)50-41(62)37(20(2)58)56-54-32-16-22(10-13-25(32)44)39(60)52-30-8-4-6-27(46)35(30)48/h3-17,36-37H,18H2,1-2H3,(H,49,61)(H,50,62)(H,51,59)(H,52,60). The number of nitrogens with zero attached hydrogens (tertiary/aromatic N) is 4. The molecule has 5 rings (SSSR count). The molecule has 0 spiro atoms. The minimum atomic E-state index is -1.70. The normalized spacial score (nSPS) is 12.1. The van der Waals surface area contributed by atoms with E-state index < -0.39 is 53.3 Å². The Hall–Kier alpha value is -5.65. The second kappa shape index (κ2) is 22.1. The minimum absolute atomic E-state index is 0.00970. The molecule has 324 valence electrons. The van der Waals surface area contributed by atoms with E-state index in [-0.39, 0.29) is 81.1 Å². The van der Waals surface area contributed by atoms with Gasteiger partial charge in [0.1, 0.15) is 17.1 Å². The predicted octanol–water partition coefficient (Wildman–Crippen LogP) is 12.0. The smallest absolute Gasteiger partial charge is 0.258 e. The first-order valence-corrected chi connectivity index (χ1v) is 20.6. The molecule has 4 amide bonds. The lowest BCUT2D eigenvalue weighted by atomic mass is 10.1. The molecule has 4 N–H and O–H groups in total. The topological polar surface area (TPSA) is 209 Å². The maximum absolute atomic E-state index is 13.4. The van der Waals surface area contributed by atoms with Crippen LogP contribution in [-0.4, -0.2) is 53.3 Å². The number of carbonyl (C=O) groups is 6. The number of azo groups is 2. The van der Waals surface area contributed by atoms with Gasteiger partial charge in [0.15, 0.2) is 17.6 Å². The van der Waals surface area contributed by atoms with Crippen molar-refractivity contribution >= 4 is 151 Å². The van der Waals surface area contributed by atoms with Crippen LogP contribution in [0.3, 0.4) is 0 Å². The lowest BCUT2D eigenvalue weighted by molar-refractivity contribution is -0.127. The third kappa shape index (κ3) is 12.7. The van der Waals surface area contributed by atoms with E-state index in [0.29, 0.717) is 0 Å². The van der Waals surface area contributed by atoms with E-state index >= 15 is 0 Å². The number of rotatable bonds is 16. The summed E-state index contributed by atoms with van der Waals surface area (Å²) in [4.78, 5) is 77.9. The summed E-state index contributed by atoms with van der Waals surface area (Å²) in [5, 5.41) is 26.9. The first-order chi connectivity index (χ1) is 30.0. The van der Waals surface area contributed by atoms with Crippen molar-refractivity contribution in [3.05, 3.63) is 132 Å². The molecule has 0 aliphatic carbocycles. The summed E-state index contributed by atoms with van der Waals surface area (Å²) in [6.45, 7) is 2.23. The maximum Gasteiger partial charge on any atom is 0.258 e. The molecule has 0 aliphatic heterocycles. The van der Waals surface area contributed by atoms with Gasteiger partial charge in [-0.2, -0.15) is 20.5 Å². The van der Waals surface area contributed by atoms with Crippen LogP contribution in [0.15, 0.2) is 111 Å². The Morgan fingerprint density at radius 3 is 1.44 bits per heavy atom. The highest BCUT2D eigenvalue weighted by Gasteiger charge is 2.27. The van der Waals surface area contributed by atoms with Crippen molar-refractivity contribution in [1.82, 2.24) is 0 Å². The molecule has 0 fully saturated rings. The number of halogens is 7. The number of benzene rings is 5. The van der Waals surface area contributed by atoms with Crippen LogP contribution in [0.5, 0.6) is 5.75 Å². The summed E-state index contributed by atoms with van der Waals surface area (Å²) in [6, 6.07) is 17.8. The Morgan fingerprint density at radius 1 is 0.540 bits per heavy atom. The van der Waals surface area contributed by atoms with Crippen LogP contribution in [0, 0.1) is 0 Å². The molecular weight excluding hydrogens is 965 g/mol. The zero-order valence-electron chi connectivity index (χ0n) is 32.3. The molecule has 2 atom stereocenters. The zero-order valence-corrected chi connectivity index (χ0v) is 37.6. The molecular formula is C41H29Cl7N8O7. The highest BCUT2D eigenvalue weighted by molar-refractivity contribution is 6.44. The SMILES string of the molecule is CC(=O)C(N=Nc1cc(C(=O)Nc2cccc(Cl)c2Cl)ccc1Cl)C(=O)Nc1ccc(NC(=O)C(N=Nc2cc(C(=O)Nc3cccc(Cl)c3Cl)ccc2Cl)C(C)=O)c(OCCl)c1. The van der Waals surface area contributed by atoms with E-state index in [4.69, 9.17) is 85.9 Å². The Balaban J connectivity index is 1.28. The van der Waals surface area contributed by atoms with Gasteiger partial charge in [-0.15, -0.1) is 0 Å². The van der Waals surface area contributed by atoms with E-state index in [1.807, 2.05) is 0 Å². The Morgan fingerprint density at radius 2 is 1.00 bits per heavy atom. The monoisotopic (exact) mass is 990 g/mol. The summed E-state index contributed by atoms with van der Waals surface area (Å²) >= 11 is 42.9. The quantitative estimate of drug-likeness (QED) is 0.0426. The van der Waals surface area contributed by atoms with Crippen molar-refractivity contribution in [2.24, 2.45) is 20.5 Å². The van der Waals surface area contributed by atoms with Gasteiger partial charge in [-0.25, -0.2) is 0 Å². The summed E-state index contributed by atoms with van der Waals surface area (Å²) < 4.78 is 5.46. The number of ketones is 2. The largest absolute Gasteiger partial charge is 0.476 e. The van der Waals surface area contributed by atoms with Crippen LogP contribution in [0.2, 0.25) is 30.1 Å². The van der Waals surface area contributed by atoms with Gasteiger partial charge in [0, 0.05) is 22.9 Å². The highest BCUT2D eigenvalue weighted by atomic mass is 35.5. The van der Waals surface area contributed by atoms with Gasteiger partial charge < -0.3 is 26.0 Å². The van der Waals surface area contributed by atoms with Crippen molar-refractivity contribution in [3.8, 4) is 5.75 Å². The lowest BCUT2D eigenvalue weighted by Crippen LogP contribution is -2.32. The van der Waals surface area contributed by atoms with Gasteiger partial charge in [-0.1, -0.05) is 93.3 Å². The number of anilines is 4. The van der Waals surface area contributed by atoms with E-state index in [2.05, 4.69) is 41.7 Å². The molecule has 0 radical (unpaired) electrons. The summed E-state index contributed by atoms with van der Waals surface area (Å²) in [5.41, 5.74) is 0.740. The molecule has 0 bridgehead atoms. The van der Waals surface area contributed by atoms with Crippen LogP contribution in [0.25, 0.3) is 0 Å². The maximum atomic E-state index is 13.4. The molecule has 63 heavy (non-hydrogen) atoms. The zero-order chi connectivity index (χ0) is 46.0. The van der Waals surface area contributed by atoms with Crippen LogP contribution in [-0.2, 0) is 19.2 Å². The predicted molar refractivity (Wildman–Crippen MR) is 245 cm³/mol. The molecule has 2 unspecified atom stereocenters. The number of Topliss-reactive ketones (excluding diaryl/α,β-unsaturated/α-hetero) is 2. The fraction of sp³-hybridized carbons (Fsp3) is 0.122. The van der Waals surface area contributed by atoms with Crippen molar-refractivity contribution in [3.63, 3.8) is 0 Å². The van der Waals surface area contributed by atoms with Gasteiger partial charge >= 0.3 is 0 Å². The van der Waals surface area contributed by atoms with Crippen molar-refractivity contribution < 1.29 is 33.5 Å². The molecule has 15 nitrogen and oxygen atoms in total. The van der Waals surface area contributed by atoms with E-state index in [1.54, 1.807) is 36.4 Å². The number of hydrogen-bond acceptors (Lipinski definition) is 11. The second-order valence-electron chi connectivity index (χ2n) is 12.8. The van der Waals surface area contributed by atoms with Crippen LogP contribution < -0.4 is 26.0 Å². The number of hydrogen-bond donors (Lipinski definition) is 4. The second-order valence-corrected chi connectivity index (χ2v) is 15.4. The number of nitrogens with one attached hydrogen (secondary N) is 4. The molecule has 0 heterocycles. The average Bonchev–Trinajstić information content (AvgIpc) is 3.23. The van der Waals surface area contributed by atoms with Crippen molar-refractivity contribution in [2.45, 2.75) is 25.9 Å². The minimum Gasteiger partial charge on any atom is -0.476 e. The van der Waals surface area contributed by atoms with Crippen LogP contribution in [0.4, 0.5) is 34.1 Å². The summed E-state index contributed by atoms with van der Waals surface area (Å²) in [7, 11) is 0. The third-order valence-electron chi connectivity index (χ3n) is 8.36. The first kappa shape index (κ1) is 48.4. The van der Waals surface area contributed by atoms with E-state index in [9.17, 15) is 28.8 Å². The molecule has 0 saturated heterocycles. The van der Waals surface area contributed by atoms with Gasteiger partial charge in [-0.3, -0.25) is 28.8 Å². The lowest BCUT2D eigenvalue weighted by Gasteiger charge is -2.15. The fourth-order valence-corrected chi connectivity index (χ4v) is 6.34. The Bertz CT molecular complexity index is 2700. The van der Waals surface area contributed by atoms with Crippen LogP contribution >= 0.6 is 81.2 Å². The summed E-state index contributed by atoms with van der Waals surface area (Å²) in [6.07, 6.45) is 0. The van der Waals surface area contributed by atoms with Crippen molar-refractivity contribution in [1.29, 1.82) is 0 Å². The Labute approximate surface area is 393 Å². The van der Waals surface area contributed by atoms with Gasteiger partial charge in [0.2, 0.25) is 12.1 Å². The highest BCUT2D eigenvalue weighted by Crippen LogP contribution is 2.34. The van der Waals surface area contributed by atoms with Crippen molar-refractivity contribution in [2.75, 3.05) is 27.3 Å². The number of amides is 4. The fourth-order valence-electron chi connectivity index (χ4n) is 5.22. The van der Waals surface area contributed by atoms with Gasteiger partial charge in [0.25, 0.3) is 23.6 Å². The van der Waals surface area contributed by atoms with Crippen LogP contribution in [0.1, 0.15) is 34.6 Å². The Kier molecular flexibility index (Phi) is 17.0. The third-order valence-corrected chi connectivity index (χ3v) is 10.7. The van der Waals surface area contributed by atoms with E-state index in [0.717, 1.165) is 13.8 Å². The molecule has 5 aromatic carbocycles. The first-order valence-electron chi connectivity index (χ1n) is 17.8. The average molecular weight is 994 g/mol. The van der Waals surface area contributed by atoms with Gasteiger partial charge in [0.05, 0.1) is 47.2 Å². The summed E-state index contributed by atoms with van der Waals surface area (Å²) in [5.74, 6) is -4.47. The molecule has 5 aromatic rings. The van der Waals surface area contributed by atoms with Gasteiger partial charge in [-0.05, 0) is 86.6 Å². The number of alkyl halides is 1. The van der Waals surface area contributed by atoms with E-state index in [1.165, 1.54) is 54.6 Å². The number of carbonyl (C=O) groups excluding carboxylic acids is 6. The molecule has 0 aromatic heterocycles.